The van der Waals surface area contributed by atoms with Crippen molar-refractivity contribution >= 4 is 34.0 Å². The third kappa shape index (κ3) is 7.68. The fraction of sp³-hybridized carbons (Fsp3) is 0.0769. The van der Waals surface area contributed by atoms with Gasteiger partial charge in [0, 0.05) is 17.7 Å². The molecule has 1 aromatic heterocycles. The van der Waals surface area contributed by atoms with E-state index >= 15 is 35.1 Å². The molecule has 0 bridgehead atoms. The molecule has 6 rings (SSSR count). The number of esters is 1. The summed E-state index contributed by atoms with van der Waals surface area (Å²) >= 11 is 0. The van der Waals surface area contributed by atoms with Gasteiger partial charge >= 0.3 is 5.97 Å². The van der Waals surface area contributed by atoms with Gasteiger partial charge in [-0.25, -0.2) is 92.6 Å². The third-order valence-corrected chi connectivity index (χ3v) is 9.33. The van der Waals surface area contributed by atoms with Gasteiger partial charge < -0.3 is 4.74 Å². The maximum atomic E-state index is 15.4. The molecule has 0 aliphatic heterocycles. The Bertz CT molecular complexity index is 2420. The van der Waals surface area contributed by atoms with Crippen molar-refractivity contribution in [3.05, 3.63) is 182 Å². The second-order valence-electron chi connectivity index (χ2n) is 12.7. The van der Waals surface area contributed by atoms with Crippen LogP contribution in [0.2, 0.25) is 0 Å². The average Bonchev–Trinajstić information content (AvgIpc) is 3.27. The highest BCUT2D eigenvalue weighted by molar-refractivity contribution is 7.20. The maximum Gasteiger partial charge on any atom is 0.403 e. The first-order chi connectivity index (χ1) is 29.5. The van der Waals surface area contributed by atoms with Gasteiger partial charge in [0.25, 0.3) is 5.69 Å². The predicted molar refractivity (Wildman–Crippen MR) is 177 cm³/mol. The summed E-state index contributed by atoms with van der Waals surface area (Å²) < 4.78 is 301. The number of ether oxygens (including phenoxy) is 1. The smallest absolute Gasteiger partial charge is 0.403 e. The molecule has 0 atom stereocenters. The molecule has 0 N–H and O–H groups in total. The lowest BCUT2D eigenvalue weighted by Crippen LogP contribution is -2.81. The fourth-order valence-electron chi connectivity index (χ4n) is 6.66. The monoisotopic (exact) mass is 921 g/mol. The van der Waals surface area contributed by atoms with Crippen molar-refractivity contribution in [2.45, 2.75) is 13.5 Å². The number of rotatable bonds is 8. The van der Waals surface area contributed by atoms with E-state index in [0.717, 1.165) is 5.56 Å². The van der Waals surface area contributed by atoms with Gasteiger partial charge in [0.2, 0.25) is 0 Å². The van der Waals surface area contributed by atoms with Gasteiger partial charge in [0.15, 0.2) is 82.5 Å². The van der Waals surface area contributed by atoms with Crippen molar-refractivity contribution in [1.82, 2.24) is 0 Å². The van der Waals surface area contributed by atoms with Crippen molar-refractivity contribution < 1.29 is 102 Å². The molecule has 0 amide bonds. The van der Waals surface area contributed by atoms with E-state index in [1.54, 1.807) is 6.07 Å². The number of hydrogen-bond acceptors (Lipinski definition) is 2. The Hall–Kier alpha value is -6.62. The van der Waals surface area contributed by atoms with Gasteiger partial charge in [-0.2, -0.15) is 4.57 Å². The molecule has 5 aromatic carbocycles. The van der Waals surface area contributed by atoms with E-state index in [0.29, 0.717) is 18.8 Å². The summed E-state index contributed by atoms with van der Waals surface area (Å²) in [7, 11) is 0. The Labute approximate surface area is 338 Å². The highest BCUT2D eigenvalue weighted by Gasteiger charge is 2.52. The first-order valence-corrected chi connectivity index (χ1v) is 16.9. The molecule has 0 saturated heterocycles. The summed E-state index contributed by atoms with van der Waals surface area (Å²) in [6.45, 7) is 2.86. The van der Waals surface area contributed by atoms with Crippen LogP contribution in [0.25, 0.3) is 0 Å². The number of carbonyl (C=O) groups is 1. The minimum absolute atomic E-state index is 0.283. The van der Waals surface area contributed by atoms with Crippen LogP contribution in [-0.2, 0) is 11.3 Å². The van der Waals surface area contributed by atoms with E-state index in [-0.39, 0.29) is 5.97 Å². The van der Waals surface area contributed by atoms with E-state index < -0.39 is 144 Å². The molecule has 6 aromatic rings. The zero-order valence-corrected chi connectivity index (χ0v) is 30.5. The summed E-state index contributed by atoms with van der Waals surface area (Å²) in [5.41, 5.74) is -12.6. The molecular weight excluding hydrogens is 905 g/mol. The Balaban J connectivity index is 0.000000345. The molecule has 0 radical (unpaired) electrons. The largest absolute Gasteiger partial charge is 0.458 e. The maximum absolute atomic E-state index is 15.4. The van der Waals surface area contributed by atoms with Crippen LogP contribution in [0.1, 0.15) is 23.0 Å². The normalized spacial score (nSPS) is 11.4. The van der Waals surface area contributed by atoms with Gasteiger partial charge in [-0.1, -0.05) is 30.3 Å². The fourth-order valence-corrected chi connectivity index (χ4v) is 6.66. The zero-order valence-electron chi connectivity index (χ0n) is 30.5. The molecule has 3 nitrogen and oxygen atoms in total. The minimum atomic E-state index is -7.22. The van der Waals surface area contributed by atoms with Gasteiger partial charge in [0.1, 0.15) is 52.7 Å². The standard InChI is InChI=1S/C24BF20.C15H16NO2/c26-5-1(6(27)14(35)21(42)13(5)34)25(2-7(28)15(36)22(43)16(37)8(2)29,3-9(30)17(38)23(44)18(39)10(3)31)4-11(32)19(40)24(45)20(41)12(4)33;1-2-18-15(17)14-10-6-7-11-16(14)12-13-8-4-3-5-9-13/h;3-11H,2,12H2,1H3/q-1;+1. The van der Waals surface area contributed by atoms with Crippen molar-refractivity contribution in [2.24, 2.45) is 0 Å². The van der Waals surface area contributed by atoms with Crippen LogP contribution in [-0.4, -0.2) is 18.7 Å². The molecule has 24 heteroatoms. The second kappa shape index (κ2) is 18.0. The van der Waals surface area contributed by atoms with Crippen molar-refractivity contribution in [3.8, 4) is 0 Å². The molecule has 1 heterocycles. The van der Waals surface area contributed by atoms with E-state index in [9.17, 15) is 57.5 Å². The summed E-state index contributed by atoms with van der Waals surface area (Å²) in [6, 6.07) is 15.6. The quantitative estimate of drug-likeness (QED) is 0.0387. The first-order valence-electron chi connectivity index (χ1n) is 16.9. The lowest BCUT2D eigenvalue weighted by atomic mass is 9.12. The SMILES string of the molecule is CCOC(=O)c1cccc[n+]1Cc1ccccc1.Fc1c(F)c(F)c([B-](c2c(F)c(F)c(F)c(F)c2F)(c2c(F)c(F)c(F)c(F)c2F)c2c(F)c(F)c(F)c(F)c2F)c(F)c1F. The second-order valence-corrected chi connectivity index (χ2v) is 12.7. The van der Waals surface area contributed by atoms with Gasteiger partial charge in [-0.05, 0) is 13.0 Å². The highest BCUT2D eigenvalue weighted by Crippen LogP contribution is 2.30. The van der Waals surface area contributed by atoms with Crippen LogP contribution in [0.3, 0.4) is 0 Å². The van der Waals surface area contributed by atoms with Crippen LogP contribution in [0.4, 0.5) is 87.8 Å². The van der Waals surface area contributed by atoms with Gasteiger partial charge in [-0.15, -0.1) is 21.9 Å². The number of benzene rings is 5. The van der Waals surface area contributed by atoms with Crippen LogP contribution >= 0.6 is 0 Å². The summed E-state index contributed by atoms with van der Waals surface area (Å²) in [5, 5.41) is 0. The molecule has 63 heavy (non-hydrogen) atoms. The Morgan fingerprint density at radius 3 is 0.968 bits per heavy atom. The molecule has 0 unspecified atom stereocenters. The lowest BCUT2D eigenvalue weighted by molar-refractivity contribution is -0.690. The van der Waals surface area contributed by atoms with E-state index in [2.05, 4.69) is 0 Å². The average molecular weight is 921 g/mol. The van der Waals surface area contributed by atoms with Gasteiger partial charge in [-0.3, -0.25) is 0 Å². The van der Waals surface area contributed by atoms with Crippen LogP contribution in [0.5, 0.6) is 0 Å². The first kappa shape index (κ1) is 47.4. The van der Waals surface area contributed by atoms with Crippen molar-refractivity contribution in [1.29, 1.82) is 0 Å². The zero-order chi connectivity index (χ0) is 47.2. The Morgan fingerprint density at radius 2 is 0.683 bits per heavy atom. The Morgan fingerprint density at radius 1 is 0.413 bits per heavy atom. The van der Waals surface area contributed by atoms with Crippen molar-refractivity contribution in [2.75, 3.05) is 6.61 Å². The number of aromatic nitrogens is 1. The molecule has 0 aliphatic carbocycles. The number of nitrogens with zero attached hydrogens (tertiary/aromatic N) is 1. The number of pyridine rings is 1. The summed E-state index contributed by atoms with van der Waals surface area (Å²) in [4.78, 5) is 11.8. The third-order valence-electron chi connectivity index (χ3n) is 9.33. The molecule has 332 valence electrons. The van der Waals surface area contributed by atoms with Crippen LogP contribution < -0.4 is 26.4 Å². The summed E-state index contributed by atoms with van der Waals surface area (Å²) in [5.74, 6) is -71.7. The number of hydrogen-bond donors (Lipinski definition) is 0. The van der Waals surface area contributed by atoms with Gasteiger partial charge in [0.05, 0.1) is 6.61 Å². The van der Waals surface area contributed by atoms with E-state index in [1.165, 1.54) is 0 Å². The van der Waals surface area contributed by atoms with E-state index in [1.807, 2.05) is 60.2 Å². The minimum Gasteiger partial charge on any atom is -0.458 e. The lowest BCUT2D eigenvalue weighted by Gasteiger charge is -2.44. The van der Waals surface area contributed by atoms with Crippen LogP contribution in [0.15, 0.2) is 54.7 Å². The van der Waals surface area contributed by atoms with E-state index in [4.69, 9.17) is 4.74 Å². The molecule has 0 aliphatic rings. The topological polar surface area (TPSA) is 30.2 Å². The molecular formula is C39H16BF20NO2. The molecule has 0 spiro atoms. The molecule has 0 fully saturated rings. The predicted octanol–water partition coefficient (Wildman–Crippen LogP) is 8.05. The Kier molecular flexibility index (Phi) is 13.6. The van der Waals surface area contributed by atoms with Crippen LogP contribution in [0, 0.1) is 116 Å². The highest BCUT2D eigenvalue weighted by atomic mass is 19.2. The number of carbonyl (C=O) groups excluding carboxylic acids is 1. The number of halogens is 20. The van der Waals surface area contributed by atoms with Crippen molar-refractivity contribution in [3.63, 3.8) is 0 Å². The molecule has 0 saturated carbocycles. The summed E-state index contributed by atoms with van der Waals surface area (Å²) in [6.07, 6.45) is -5.33.